The molecule has 0 saturated heterocycles. The number of aromatic nitrogens is 3. The maximum Gasteiger partial charge on any atom is 0.191 e. The quantitative estimate of drug-likeness (QED) is 0.456. The van der Waals surface area contributed by atoms with E-state index in [0.717, 1.165) is 17.3 Å². The topological polar surface area (TPSA) is 67.1 Å². The summed E-state index contributed by atoms with van der Waals surface area (Å²) >= 11 is 0. The van der Waals surface area contributed by atoms with Gasteiger partial charge in [-0.2, -0.15) is 5.10 Å². The summed E-state index contributed by atoms with van der Waals surface area (Å²) in [7, 11) is 3.72. The molecule has 2 aromatic heterocycles. The normalized spacial score (nSPS) is 11.0. The van der Waals surface area contributed by atoms with Gasteiger partial charge in [0.2, 0.25) is 0 Å². The molecule has 0 saturated carbocycles. The Morgan fingerprint density at radius 1 is 1.23 bits per heavy atom. The summed E-state index contributed by atoms with van der Waals surface area (Å²) in [5, 5.41) is 11.0. The molecule has 0 amide bonds. The lowest BCUT2D eigenvalue weighted by Crippen LogP contribution is -2.36. The molecule has 2 heterocycles. The lowest BCUT2D eigenvalue weighted by atomic mass is 10.2. The van der Waals surface area contributed by atoms with Gasteiger partial charge in [0.05, 0.1) is 17.9 Å². The zero-order chi connectivity index (χ0) is 15.2. The van der Waals surface area contributed by atoms with E-state index in [2.05, 4.69) is 32.6 Å². The van der Waals surface area contributed by atoms with Crippen molar-refractivity contribution in [3.8, 4) is 0 Å². The van der Waals surface area contributed by atoms with Crippen molar-refractivity contribution in [2.24, 2.45) is 12.0 Å². The Bertz CT molecular complexity index is 620. The molecule has 7 heteroatoms. The molecule has 2 N–H and O–H groups in total. The number of rotatable bonds is 4. The second-order valence-electron chi connectivity index (χ2n) is 4.87. The fourth-order valence-electron chi connectivity index (χ4n) is 2.14. The van der Waals surface area contributed by atoms with Gasteiger partial charge in [-0.1, -0.05) is 6.07 Å². The van der Waals surface area contributed by atoms with E-state index in [-0.39, 0.29) is 24.0 Å². The van der Waals surface area contributed by atoms with Crippen molar-refractivity contribution in [3.05, 3.63) is 47.0 Å². The van der Waals surface area contributed by atoms with Crippen molar-refractivity contribution in [1.82, 2.24) is 25.4 Å². The average molecular weight is 414 g/mol. The van der Waals surface area contributed by atoms with E-state index < -0.39 is 0 Å². The summed E-state index contributed by atoms with van der Waals surface area (Å²) in [5.74, 6) is 0.753. The molecule has 0 aliphatic heterocycles. The number of guanidine groups is 1. The number of hydrogen-bond acceptors (Lipinski definition) is 3. The zero-order valence-corrected chi connectivity index (χ0v) is 15.8. The standard InChI is InChI=1S/C15H22N6.HI/c1-11-14(12(2)21(4)20-11)10-19-15(16-3)18-9-13-7-5-6-8-17-13;/h5-8H,9-10H2,1-4H3,(H2,16,18,19);1H. The molecule has 2 aromatic rings. The highest BCUT2D eigenvalue weighted by Crippen LogP contribution is 2.10. The third-order valence-electron chi connectivity index (χ3n) is 3.48. The Balaban J connectivity index is 0.00000242. The first-order chi connectivity index (χ1) is 10.1. The molecule has 2 rings (SSSR count). The fraction of sp³-hybridized carbons (Fsp3) is 0.400. The van der Waals surface area contributed by atoms with Crippen LogP contribution in [0.5, 0.6) is 0 Å². The number of aliphatic imine (C=N–C) groups is 1. The molecule has 0 aliphatic rings. The van der Waals surface area contributed by atoms with Gasteiger partial charge in [0.25, 0.3) is 0 Å². The van der Waals surface area contributed by atoms with Gasteiger partial charge in [0, 0.05) is 38.1 Å². The maximum atomic E-state index is 4.41. The van der Waals surface area contributed by atoms with E-state index in [1.54, 1.807) is 13.2 Å². The van der Waals surface area contributed by atoms with Crippen LogP contribution in [-0.4, -0.2) is 27.8 Å². The molecule has 0 fully saturated rings. The molecule has 6 nitrogen and oxygen atoms in total. The number of hydrogen-bond donors (Lipinski definition) is 2. The van der Waals surface area contributed by atoms with Crippen LogP contribution in [0.4, 0.5) is 0 Å². The Kier molecular flexibility index (Phi) is 7.30. The minimum Gasteiger partial charge on any atom is -0.352 e. The zero-order valence-electron chi connectivity index (χ0n) is 13.4. The Hall–Kier alpha value is -1.64. The molecule has 0 aliphatic carbocycles. The summed E-state index contributed by atoms with van der Waals surface area (Å²) in [6, 6.07) is 5.86. The van der Waals surface area contributed by atoms with Crippen molar-refractivity contribution < 1.29 is 0 Å². The summed E-state index contributed by atoms with van der Waals surface area (Å²) in [6.07, 6.45) is 1.79. The van der Waals surface area contributed by atoms with Crippen LogP contribution in [0.15, 0.2) is 29.4 Å². The van der Waals surface area contributed by atoms with Gasteiger partial charge in [-0.15, -0.1) is 24.0 Å². The number of aryl methyl sites for hydroxylation is 2. The minimum absolute atomic E-state index is 0. The molecular weight excluding hydrogens is 391 g/mol. The summed E-state index contributed by atoms with van der Waals surface area (Å²) < 4.78 is 1.90. The average Bonchev–Trinajstić information content (AvgIpc) is 2.74. The van der Waals surface area contributed by atoms with Crippen molar-refractivity contribution >= 4 is 29.9 Å². The van der Waals surface area contributed by atoms with Crippen LogP contribution >= 0.6 is 24.0 Å². The van der Waals surface area contributed by atoms with Crippen LogP contribution in [0, 0.1) is 13.8 Å². The summed E-state index contributed by atoms with van der Waals surface area (Å²) in [4.78, 5) is 8.50. The summed E-state index contributed by atoms with van der Waals surface area (Å²) in [5.41, 5.74) is 4.40. The number of nitrogens with one attached hydrogen (secondary N) is 2. The highest BCUT2D eigenvalue weighted by molar-refractivity contribution is 14.0. The van der Waals surface area contributed by atoms with Crippen LogP contribution in [0.3, 0.4) is 0 Å². The third kappa shape index (κ3) is 4.69. The highest BCUT2D eigenvalue weighted by atomic mass is 127. The number of halogens is 1. The van der Waals surface area contributed by atoms with E-state index in [1.807, 2.05) is 36.9 Å². The van der Waals surface area contributed by atoms with Gasteiger partial charge in [0.15, 0.2) is 5.96 Å². The van der Waals surface area contributed by atoms with Gasteiger partial charge in [-0.3, -0.25) is 14.7 Å². The van der Waals surface area contributed by atoms with E-state index in [0.29, 0.717) is 13.1 Å². The lowest BCUT2D eigenvalue weighted by Gasteiger charge is -2.12. The van der Waals surface area contributed by atoms with Crippen molar-refractivity contribution in [2.75, 3.05) is 7.05 Å². The molecule has 0 aromatic carbocycles. The van der Waals surface area contributed by atoms with Crippen molar-refractivity contribution in [2.45, 2.75) is 26.9 Å². The Labute approximate surface area is 148 Å². The molecular formula is C15H23IN6. The predicted octanol–water partition coefficient (Wildman–Crippen LogP) is 1.92. The minimum atomic E-state index is 0. The molecule has 0 radical (unpaired) electrons. The van der Waals surface area contributed by atoms with Crippen LogP contribution in [0.1, 0.15) is 22.6 Å². The number of pyridine rings is 1. The predicted molar refractivity (Wildman–Crippen MR) is 99.4 cm³/mol. The first-order valence-electron chi connectivity index (χ1n) is 6.95. The third-order valence-corrected chi connectivity index (χ3v) is 3.48. The van der Waals surface area contributed by atoms with Crippen LogP contribution in [-0.2, 0) is 20.1 Å². The fourth-order valence-corrected chi connectivity index (χ4v) is 2.14. The van der Waals surface area contributed by atoms with Gasteiger partial charge in [0.1, 0.15) is 0 Å². The molecule has 0 unspecified atom stereocenters. The number of nitrogens with zero attached hydrogens (tertiary/aromatic N) is 4. The van der Waals surface area contributed by atoms with E-state index in [9.17, 15) is 0 Å². The maximum absolute atomic E-state index is 4.41. The van der Waals surface area contributed by atoms with Crippen LogP contribution in [0.25, 0.3) is 0 Å². The second-order valence-corrected chi connectivity index (χ2v) is 4.87. The first kappa shape index (κ1) is 18.4. The SMILES string of the molecule is CN=C(NCc1ccccn1)NCc1c(C)nn(C)c1C.I. The van der Waals surface area contributed by atoms with Crippen LogP contribution < -0.4 is 10.6 Å². The highest BCUT2D eigenvalue weighted by Gasteiger charge is 2.09. The second kappa shape index (κ2) is 8.72. The van der Waals surface area contributed by atoms with Gasteiger partial charge < -0.3 is 10.6 Å². The Morgan fingerprint density at radius 2 is 1.95 bits per heavy atom. The summed E-state index contributed by atoms with van der Waals surface area (Å²) in [6.45, 7) is 5.44. The molecule has 120 valence electrons. The van der Waals surface area contributed by atoms with Crippen molar-refractivity contribution in [3.63, 3.8) is 0 Å². The molecule has 0 bridgehead atoms. The lowest BCUT2D eigenvalue weighted by molar-refractivity contribution is 0.728. The largest absolute Gasteiger partial charge is 0.352 e. The first-order valence-corrected chi connectivity index (χ1v) is 6.95. The van der Waals surface area contributed by atoms with E-state index in [1.165, 1.54) is 11.3 Å². The van der Waals surface area contributed by atoms with Gasteiger partial charge >= 0.3 is 0 Å². The monoisotopic (exact) mass is 414 g/mol. The van der Waals surface area contributed by atoms with E-state index in [4.69, 9.17) is 0 Å². The Morgan fingerprint density at radius 3 is 2.50 bits per heavy atom. The molecule has 0 spiro atoms. The molecule has 0 atom stereocenters. The smallest absolute Gasteiger partial charge is 0.191 e. The van der Waals surface area contributed by atoms with E-state index >= 15 is 0 Å². The van der Waals surface area contributed by atoms with Gasteiger partial charge in [-0.25, -0.2) is 0 Å². The van der Waals surface area contributed by atoms with Crippen molar-refractivity contribution in [1.29, 1.82) is 0 Å². The van der Waals surface area contributed by atoms with Crippen LogP contribution in [0.2, 0.25) is 0 Å². The van der Waals surface area contributed by atoms with Gasteiger partial charge in [-0.05, 0) is 26.0 Å². The molecule has 22 heavy (non-hydrogen) atoms.